The van der Waals surface area contributed by atoms with Crippen LogP contribution in [0.1, 0.15) is 22.8 Å². The van der Waals surface area contributed by atoms with Crippen LogP contribution in [0, 0.1) is 6.92 Å². The van der Waals surface area contributed by atoms with Crippen molar-refractivity contribution in [1.82, 2.24) is 0 Å². The number of rotatable bonds is 7. The van der Waals surface area contributed by atoms with Gasteiger partial charge in [0.2, 0.25) is 15.9 Å². The van der Waals surface area contributed by atoms with Crippen molar-refractivity contribution in [2.75, 3.05) is 29.5 Å². The molecule has 1 amide bonds. The zero-order chi connectivity index (χ0) is 20.2. The number of carbonyl (C=O) groups is 2. The highest BCUT2D eigenvalue weighted by Crippen LogP contribution is 2.31. The zero-order valence-corrected chi connectivity index (χ0v) is 16.5. The summed E-state index contributed by atoms with van der Waals surface area (Å²) in [5, 5.41) is 2.62. The van der Waals surface area contributed by atoms with Crippen molar-refractivity contribution < 1.29 is 22.7 Å². The van der Waals surface area contributed by atoms with Crippen LogP contribution in [0.3, 0.4) is 0 Å². The van der Waals surface area contributed by atoms with Crippen LogP contribution in [-0.2, 0) is 14.8 Å². The Morgan fingerprint density at radius 1 is 1.15 bits per heavy atom. The topological polar surface area (TPSA) is 92.8 Å². The van der Waals surface area contributed by atoms with Crippen LogP contribution >= 0.6 is 0 Å². The average Bonchev–Trinajstić information content (AvgIpc) is 2.59. The predicted molar refractivity (Wildman–Crippen MR) is 105 cm³/mol. The van der Waals surface area contributed by atoms with Crippen molar-refractivity contribution in [3.63, 3.8) is 0 Å². The number of ketones is 1. The number of methoxy groups -OCH3 is 1. The second-order valence-corrected chi connectivity index (χ2v) is 8.04. The molecule has 0 atom stereocenters. The van der Waals surface area contributed by atoms with E-state index in [-0.39, 0.29) is 11.5 Å². The first-order valence-corrected chi connectivity index (χ1v) is 10.00. The molecule has 0 saturated heterocycles. The number of ether oxygens (including phenoxy) is 1. The molecule has 7 nitrogen and oxygen atoms in total. The molecule has 0 saturated carbocycles. The van der Waals surface area contributed by atoms with E-state index in [9.17, 15) is 18.0 Å². The molecule has 2 aromatic rings. The summed E-state index contributed by atoms with van der Waals surface area (Å²) in [7, 11) is -2.31. The lowest BCUT2D eigenvalue weighted by Crippen LogP contribution is -2.37. The van der Waals surface area contributed by atoms with Crippen LogP contribution in [-0.4, -0.2) is 40.0 Å². The molecule has 0 unspecified atom stereocenters. The number of hydrogen-bond donors (Lipinski definition) is 1. The number of Topliss-reactive ketones (excluding diaryl/α,β-unsaturated/α-hetero) is 1. The van der Waals surface area contributed by atoms with Crippen LogP contribution in [0.2, 0.25) is 0 Å². The van der Waals surface area contributed by atoms with Gasteiger partial charge in [0, 0.05) is 11.3 Å². The Labute approximate surface area is 159 Å². The van der Waals surface area contributed by atoms with E-state index in [2.05, 4.69) is 5.32 Å². The van der Waals surface area contributed by atoms with Crippen LogP contribution in [0.5, 0.6) is 5.75 Å². The van der Waals surface area contributed by atoms with Crippen molar-refractivity contribution in [3.8, 4) is 5.75 Å². The molecule has 0 aliphatic heterocycles. The molecule has 144 valence electrons. The van der Waals surface area contributed by atoms with E-state index in [1.54, 1.807) is 36.4 Å². The molecule has 0 aliphatic carbocycles. The molecule has 8 heteroatoms. The van der Waals surface area contributed by atoms with Gasteiger partial charge in [0.15, 0.2) is 5.78 Å². The standard InChI is InChI=1S/C19H22N2O5S/c1-13-8-9-18(26-3)17(10-13)21(27(4,24)25)12-19(23)20-16-7-5-6-15(11-16)14(2)22/h5-11H,12H2,1-4H3,(H,20,23). The van der Waals surface area contributed by atoms with Crippen LogP contribution < -0.4 is 14.4 Å². The summed E-state index contributed by atoms with van der Waals surface area (Å²) in [5.74, 6) is -0.324. The molecular formula is C19H22N2O5S. The number of hydrogen-bond acceptors (Lipinski definition) is 5. The van der Waals surface area contributed by atoms with Gasteiger partial charge in [-0.25, -0.2) is 8.42 Å². The van der Waals surface area contributed by atoms with Gasteiger partial charge in [-0.1, -0.05) is 18.2 Å². The third kappa shape index (κ3) is 5.30. The summed E-state index contributed by atoms with van der Waals surface area (Å²) in [6.45, 7) is 2.82. The van der Waals surface area contributed by atoms with Gasteiger partial charge in [0.1, 0.15) is 12.3 Å². The Morgan fingerprint density at radius 3 is 2.44 bits per heavy atom. The Balaban J connectivity index is 2.30. The van der Waals surface area contributed by atoms with Crippen molar-refractivity contribution in [2.24, 2.45) is 0 Å². The molecular weight excluding hydrogens is 368 g/mol. The first-order chi connectivity index (χ1) is 12.6. The highest BCUT2D eigenvalue weighted by atomic mass is 32.2. The maximum atomic E-state index is 12.5. The van der Waals surface area contributed by atoms with Crippen molar-refractivity contribution in [1.29, 1.82) is 0 Å². The fourth-order valence-electron chi connectivity index (χ4n) is 2.52. The molecule has 2 rings (SSSR count). The van der Waals surface area contributed by atoms with E-state index >= 15 is 0 Å². The summed E-state index contributed by atoms with van der Waals surface area (Å²) in [6.07, 6.45) is 1.03. The van der Waals surface area contributed by atoms with E-state index in [4.69, 9.17) is 4.74 Å². The summed E-state index contributed by atoms with van der Waals surface area (Å²) < 4.78 is 30.8. The minimum Gasteiger partial charge on any atom is -0.495 e. The van der Waals surface area contributed by atoms with Gasteiger partial charge in [-0.15, -0.1) is 0 Å². The highest BCUT2D eigenvalue weighted by molar-refractivity contribution is 7.92. The third-order valence-corrected chi connectivity index (χ3v) is 4.97. The summed E-state index contributed by atoms with van der Waals surface area (Å²) in [6, 6.07) is 11.5. The molecule has 1 N–H and O–H groups in total. The van der Waals surface area contributed by atoms with Gasteiger partial charge in [-0.2, -0.15) is 0 Å². The number of benzene rings is 2. The number of amides is 1. The lowest BCUT2D eigenvalue weighted by molar-refractivity contribution is -0.114. The maximum absolute atomic E-state index is 12.5. The quantitative estimate of drug-likeness (QED) is 0.734. The maximum Gasteiger partial charge on any atom is 0.245 e. The van der Waals surface area contributed by atoms with Crippen LogP contribution in [0.15, 0.2) is 42.5 Å². The Bertz CT molecular complexity index is 970. The van der Waals surface area contributed by atoms with E-state index < -0.39 is 22.5 Å². The fourth-order valence-corrected chi connectivity index (χ4v) is 3.37. The minimum absolute atomic E-state index is 0.131. The third-order valence-electron chi connectivity index (χ3n) is 3.84. The zero-order valence-electron chi connectivity index (χ0n) is 15.6. The molecule has 0 bridgehead atoms. The molecule has 0 fully saturated rings. The number of nitrogens with one attached hydrogen (secondary N) is 1. The van der Waals surface area contributed by atoms with Crippen molar-refractivity contribution in [3.05, 3.63) is 53.6 Å². The summed E-state index contributed by atoms with van der Waals surface area (Å²) >= 11 is 0. The summed E-state index contributed by atoms with van der Waals surface area (Å²) in [5.41, 5.74) is 1.98. The van der Waals surface area contributed by atoms with Crippen LogP contribution in [0.4, 0.5) is 11.4 Å². The Kier molecular flexibility index (Phi) is 6.22. The average molecular weight is 390 g/mol. The summed E-state index contributed by atoms with van der Waals surface area (Å²) in [4.78, 5) is 23.9. The van der Waals surface area contributed by atoms with E-state index in [1.807, 2.05) is 6.92 Å². The van der Waals surface area contributed by atoms with E-state index in [0.717, 1.165) is 16.1 Å². The number of carbonyl (C=O) groups excluding carboxylic acids is 2. The molecule has 0 heterocycles. The molecule has 0 aromatic heterocycles. The van der Waals surface area contributed by atoms with E-state index in [1.165, 1.54) is 20.1 Å². The first-order valence-electron chi connectivity index (χ1n) is 8.15. The molecule has 0 spiro atoms. The minimum atomic E-state index is -3.74. The molecule has 0 aliphatic rings. The van der Waals surface area contributed by atoms with Crippen molar-refractivity contribution in [2.45, 2.75) is 13.8 Å². The van der Waals surface area contributed by atoms with Crippen LogP contribution in [0.25, 0.3) is 0 Å². The largest absolute Gasteiger partial charge is 0.495 e. The van der Waals surface area contributed by atoms with Gasteiger partial charge >= 0.3 is 0 Å². The predicted octanol–water partition coefficient (Wildman–Crippen LogP) is 2.61. The number of aryl methyl sites for hydroxylation is 1. The number of sulfonamides is 1. The van der Waals surface area contributed by atoms with Crippen molar-refractivity contribution >= 4 is 33.1 Å². The molecule has 0 radical (unpaired) electrons. The second kappa shape index (κ2) is 8.22. The van der Waals surface area contributed by atoms with Gasteiger partial charge in [-0.05, 0) is 43.7 Å². The molecule has 27 heavy (non-hydrogen) atoms. The van der Waals surface area contributed by atoms with E-state index in [0.29, 0.717) is 17.0 Å². The van der Waals surface area contributed by atoms with Gasteiger partial charge in [0.25, 0.3) is 0 Å². The SMILES string of the molecule is COc1ccc(C)cc1N(CC(=O)Nc1cccc(C(C)=O)c1)S(C)(=O)=O. The second-order valence-electron chi connectivity index (χ2n) is 6.13. The Morgan fingerprint density at radius 2 is 1.85 bits per heavy atom. The monoisotopic (exact) mass is 390 g/mol. The normalized spacial score (nSPS) is 11.0. The lowest BCUT2D eigenvalue weighted by Gasteiger charge is -2.24. The fraction of sp³-hybridized carbons (Fsp3) is 0.263. The first kappa shape index (κ1) is 20.4. The van der Waals surface area contributed by atoms with Gasteiger partial charge in [0.05, 0.1) is 19.1 Å². The molecule has 2 aromatic carbocycles. The Hall–Kier alpha value is -2.87. The number of nitrogens with zero attached hydrogens (tertiary/aromatic N) is 1. The van der Waals surface area contributed by atoms with Gasteiger partial charge < -0.3 is 10.1 Å². The highest BCUT2D eigenvalue weighted by Gasteiger charge is 2.24. The number of anilines is 2. The smallest absolute Gasteiger partial charge is 0.245 e. The lowest BCUT2D eigenvalue weighted by atomic mass is 10.1. The van der Waals surface area contributed by atoms with Gasteiger partial charge in [-0.3, -0.25) is 13.9 Å².